The van der Waals surface area contributed by atoms with Crippen LogP contribution in [0, 0.1) is 5.92 Å². The first kappa shape index (κ1) is 10.6. The molecule has 1 aliphatic rings. The van der Waals surface area contributed by atoms with E-state index < -0.39 is 5.60 Å². The lowest BCUT2D eigenvalue weighted by atomic mass is 10.1. The molecular formula is C10H17N3O2. The lowest BCUT2D eigenvalue weighted by molar-refractivity contribution is 0.00973. The first-order valence-electron chi connectivity index (χ1n) is 5.19. The highest BCUT2D eigenvalue weighted by Crippen LogP contribution is 2.39. The summed E-state index contributed by atoms with van der Waals surface area (Å²) in [4.78, 5) is 4.29. The standard InChI is InChI=1S/C10H17N3O2/c1-10(2,14-3)9-12-8(15-13-9)7(11)6-4-5-6/h6-7H,4-5,11H2,1-3H3. The van der Waals surface area contributed by atoms with Crippen LogP contribution in [0.1, 0.15) is 44.4 Å². The van der Waals surface area contributed by atoms with Crippen LogP contribution in [0.5, 0.6) is 0 Å². The summed E-state index contributed by atoms with van der Waals surface area (Å²) in [5.74, 6) is 1.60. The van der Waals surface area contributed by atoms with Crippen molar-refractivity contribution in [1.29, 1.82) is 0 Å². The molecule has 0 spiro atoms. The summed E-state index contributed by atoms with van der Waals surface area (Å²) >= 11 is 0. The van der Waals surface area contributed by atoms with E-state index in [-0.39, 0.29) is 6.04 Å². The summed E-state index contributed by atoms with van der Waals surface area (Å²) in [6.07, 6.45) is 2.32. The quantitative estimate of drug-likeness (QED) is 0.814. The normalized spacial score (nSPS) is 19.2. The summed E-state index contributed by atoms with van der Waals surface area (Å²) < 4.78 is 10.4. The van der Waals surface area contributed by atoms with E-state index in [0.717, 1.165) is 12.8 Å². The third kappa shape index (κ3) is 2.03. The third-order valence-corrected chi connectivity index (χ3v) is 2.91. The molecule has 0 aromatic carbocycles. The highest BCUT2D eigenvalue weighted by molar-refractivity contribution is 5.02. The molecule has 0 aliphatic heterocycles. The van der Waals surface area contributed by atoms with Gasteiger partial charge in [0, 0.05) is 7.11 Å². The van der Waals surface area contributed by atoms with Crippen LogP contribution in [0.25, 0.3) is 0 Å². The van der Waals surface area contributed by atoms with E-state index in [9.17, 15) is 0 Å². The minimum atomic E-state index is -0.523. The van der Waals surface area contributed by atoms with Crippen molar-refractivity contribution in [3.63, 3.8) is 0 Å². The number of hydrogen-bond acceptors (Lipinski definition) is 5. The van der Waals surface area contributed by atoms with Gasteiger partial charge in [-0.15, -0.1) is 0 Å². The fourth-order valence-corrected chi connectivity index (χ4v) is 1.36. The molecule has 1 heterocycles. The van der Waals surface area contributed by atoms with E-state index in [1.54, 1.807) is 7.11 Å². The number of nitrogens with zero attached hydrogens (tertiary/aromatic N) is 2. The van der Waals surface area contributed by atoms with Crippen LogP contribution in [0.4, 0.5) is 0 Å². The van der Waals surface area contributed by atoms with Gasteiger partial charge in [-0.1, -0.05) is 5.16 Å². The van der Waals surface area contributed by atoms with Gasteiger partial charge < -0.3 is 15.0 Å². The molecule has 1 fully saturated rings. The molecule has 1 atom stereocenters. The fraction of sp³-hybridized carbons (Fsp3) is 0.800. The molecule has 0 amide bonds. The fourth-order valence-electron chi connectivity index (χ4n) is 1.36. The molecule has 0 radical (unpaired) electrons. The Balaban J connectivity index is 2.16. The Kier molecular flexibility index (Phi) is 2.52. The molecule has 5 heteroatoms. The smallest absolute Gasteiger partial charge is 0.243 e. The summed E-state index contributed by atoms with van der Waals surface area (Å²) in [6.45, 7) is 3.79. The molecule has 2 rings (SSSR count). The molecule has 1 unspecified atom stereocenters. The van der Waals surface area contributed by atoms with Crippen LogP contribution in [0.2, 0.25) is 0 Å². The Hall–Kier alpha value is -0.940. The van der Waals surface area contributed by atoms with Gasteiger partial charge in [0.1, 0.15) is 5.60 Å². The second kappa shape index (κ2) is 3.57. The number of ether oxygens (including phenoxy) is 1. The van der Waals surface area contributed by atoms with Crippen LogP contribution >= 0.6 is 0 Å². The Labute approximate surface area is 89.0 Å². The van der Waals surface area contributed by atoms with Gasteiger partial charge in [0.15, 0.2) is 0 Å². The molecule has 1 aliphatic carbocycles. The zero-order valence-electron chi connectivity index (χ0n) is 9.36. The summed E-state index contributed by atoms with van der Waals surface area (Å²) in [5, 5.41) is 3.90. The number of rotatable bonds is 4. The van der Waals surface area contributed by atoms with E-state index in [2.05, 4.69) is 10.1 Å². The average molecular weight is 211 g/mol. The van der Waals surface area contributed by atoms with E-state index in [1.165, 1.54) is 0 Å². The predicted molar refractivity (Wildman–Crippen MR) is 54.0 cm³/mol. The Morgan fingerprint density at radius 3 is 2.73 bits per heavy atom. The van der Waals surface area contributed by atoms with Crippen LogP contribution in [0.15, 0.2) is 4.52 Å². The molecule has 1 saturated carbocycles. The zero-order chi connectivity index (χ0) is 11.1. The zero-order valence-corrected chi connectivity index (χ0v) is 9.36. The second-order valence-corrected chi connectivity index (χ2v) is 4.53. The van der Waals surface area contributed by atoms with Gasteiger partial charge in [-0.3, -0.25) is 0 Å². The van der Waals surface area contributed by atoms with Crippen molar-refractivity contribution in [2.45, 2.75) is 38.3 Å². The van der Waals surface area contributed by atoms with Gasteiger partial charge in [0.2, 0.25) is 11.7 Å². The first-order valence-corrected chi connectivity index (χ1v) is 5.19. The molecule has 5 nitrogen and oxygen atoms in total. The minimum absolute atomic E-state index is 0.112. The monoisotopic (exact) mass is 211 g/mol. The number of aromatic nitrogens is 2. The van der Waals surface area contributed by atoms with Crippen molar-refractivity contribution < 1.29 is 9.26 Å². The maximum atomic E-state index is 5.96. The highest BCUT2D eigenvalue weighted by Gasteiger charge is 2.35. The van der Waals surface area contributed by atoms with Gasteiger partial charge >= 0.3 is 0 Å². The molecule has 2 N–H and O–H groups in total. The van der Waals surface area contributed by atoms with Gasteiger partial charge in [-0.2, -0.15) is 4.98 Å². The molecule has 1 aromatic rings. The lowest BCUT2D eigenvalue weighted by Crippen LogP contribution is -2.21. The largest absolute Gasteiger partial charge is 0.371 e. The number of methoxy groups -OCH3 is 1. The predicted octanol–water partition coefficient (Wildman–Crippen LogP) is 1.36. The van der Waals surface area contributed by atoms with Crippen molar-refractivity contribution in [1.82, 2.24) is 10.1 Å². The van der Waals surface area contributed by atoms with Crippen molar-refractivity contribution in [2.24, 2.45) is 11.7 Å². The summed E-state index contributed by atoms with van der Waals surface area (Å²) in [5.41, 5.74) is 5.44. The maximum absolute atomic E-state index is 5.96. The summed E-state index contributed by atoms with van der Waals surface area (Å²) in [7, 11) is 1.62. The Morgan fingerprint density at radius 2 is 2.20 bits per heavy atom. The van der Waals surface area contributed by atoms with Gasteiger partial charge in [0.05, 0.1) is 6.04 Å². The van der Waals surface area contributed by atoms with Gasteiger partial charge in [-0.05, 0) is 32.6 Å². The maximum Gasteiger partial charge on any atom is 0.243 e. The summed E-state index contributed by atoms with van der Waals surface area (Å²) in [6, 6.07) is -0.112. The van der Waals surface area contributed by atoms with Crippen LogP contribution < -0.4 is 5.73 Å². The third-order valence-electron chi connectivity index (χ3n) is 2.91. The molecule has 84 valence electrons. The molecule has 15 heavy (non-hydrogen) atoms. The Morgan fingerprint density at radius 1 is 1.53 bits per heavy atom. The van der Waals surface area contributed by atoms with Crippen LogP contribution in [-0.4, -0.2) is 17.3 Å². The van der Waals surface area contributed by atoms with Crippen molar-refractivity contribution >= 4 is 0 Å². The van der Waals surface area contributed by atoms with E-state index in [0.29, 0.717) is 17.6 Å². The molecule has 0 saturated heterocycles. The average Bonchev–Trinajstić information content (AvgIpc) is 2.93. The van der Waals surface area contributed by atoms with Gasteiger partial charge in [-0.25, -0.2) is 0 Å². The van der Waals surface area contributed by atoms with E-state index >= 15 is 0 Å². The lowest BCUT2D eigenvalue weighted by Gasteiger charge is -2.17. The van der Waals surface area contributed by atoms with Crippen molar-refractivity contribution in [2.75, 3.05) is 7.11 Å². The SMILES string of the molecule is COC(C)(C)c1noc(C(N)C2CC2)n1. The second-order valence-electron chi connectivity index (χ2n) is 4.53. The Bertz CT molecular complexity index is 344. The van der Waals surface area contributed by atoms with Crippen LogP contribution in [0.3, 0.4) is 0 Å². The molecule has 1 aromatic heterocycles. The molecular weight excluding hydrogens is 194 g/mol. The van der Waals surface area contributed by atoms with Crippen molar-refractivity contribution in [3.8, 4) is 0 Å². The van der Waals surface area contributed by atoms with E-state index in [4.69, 9.17) is 15.0 Å². The topological polar surface area (TPSA) is 74.2 Å². The van der Waals surface area contributed by atoms with E-state index in [1.807, 2.05) is 13.8 Å². The van der Waals surface area contributed by atoms with Crippen molar-refractivity contribution in [3.05, 3.63) is 11.7 Å². The minimum Gasteiger partial charge on any atom is -0.371 e. The number of hydrogen-bond donors (Lipinski definition) is 1. The van der Waals surface area contributed by atoms with Crippen LogP contribution in [-0.2, 0) is 10.3 Å². The molecule has 0 bridgehead atoms. The first-order chi connectivity index (χ1) is 7.04. The van der Waals surface area contributed by atoms with Gasteiger partial charge in [0.25, 0.3) is 0 Å². The highest BCUT2D eigenvalue weighted by atomic mass is 16.5. The number of nitrogens with two attached hydrogens (primary N) is 1.